The zero-order valence-corrected chi connectivity index (χ0v) is 11.6. The van der Waals surface area contributed by atoms with E-state index in [1.54, 1.807) is 24.3 Å². The molecule has 0 saturated heterocycles. The lowest BCUT2D eigenvalue weighted by atomic mass is 10.0. The highest BCUT2D eigenvalue weighted by atomic mass is 35.5. The first-order valence-electron chi connectivity index (χ1n) is 5.92. The number of ether oxygens (including phenoxy) is 1. The van der Waals surface area contributed by atoms with E-state index in [-0.39, 0.29) is 12.2 Å². The van der Waals surface area contributed by atoms with Gasteiger partial charge in [0.15, 0.2) is 0 Å². The SMILES string of the molecule is COc1ccc(C(Cc2c(F)cccc2Cl)NN)nn1. The van der Waals surface area contributed by atoms with Crippen LogP contribution in [-0.4, -0.2) is 17.3 Å². The summed E-state index contributed by atoms with van der Waals surface area (Å²) in [6, 6.07) is 7.52. The molecule has 106 valence electrons. The molecule has 3 N–H and O–H groups in total. The largest absolute Gasteiger partial charge is 0.480 e. The van der Waals surface area contributed by atoms with Crippen LogP contribution in [0.2, 0.25) is 5.02 Å². The van der Waals surface area contributed by atoms with E-state index >= 15 is 0 Å². The lowest BCUT2D eigenvalue weighted by Gasteiger charge is -2.16. The van der Waals surface area contributed by atoms with Gasteiger partial charge in [-0.25, -0.2) is 4.39 Å². The van der Waals surface area contributed by atoms with Gasteiger partial charge in [-0.1, -0.05) is 17.7 Å². The first kappa shape index (κ1) is 14.6. The van der Waals surface area contributed by atoms with Crippen LogP contribution in [0.4, 0.5) is 4.39 Å². The van der Waals surface area contributed by atoms with Crippen molar-refractivity contribution in [2.75, 3.05) is 7.11 Å². The monoisotopic (exact) mass is 296 g/mol. The summed E-state index contributed by atoms with van der Waals surface area (Å²) in [6.45, 7) is 0. The second-order valence-electron chi connectivity index (χ2n) is 4.12. The first-order chi connectivity index (χ1) is 9.65. The van der Waals surface area contributed by atoms with Gasteiger partial charge in [-0.2, -0.15) is 5.10 Å². The van der Waals surface area contributed by atoms with Crippen LogP contribution >= 0.6 is 11.6 Å². The highest BCUT2D eigenvalue weighted by molar-refractivity contribution is 6.31. The maximum absolute atomic E-state index is 13.8. The molecule has 20 heavy (non-hydrogen) atoms. The molecule has 2 rings (SSSR count). The molecule has 0 aliphatic rings. The minimum absolute atomic E-state index is 0.267. The van der Waals surface area contributed by atoms with Gasteiger partial charge >= 0.3 is 0 Å². The molecule has 2 aromatic rings. The molecule has 5 nitrogen and oxygen atoms in total. The van der Waals surface area contributed by atoms with Gasteiger partial charge in [0, 0.05) is 16.7 Å². The lowest BCUT2D eigenvalue weighted by molar-refractivity contribution is 0.389. The number of hydrogen-bond acceptors (Lipinski definition) is 5. The predicted octanol–water partition coefficient (Wildman–Crippen LogP) is 2.02. The molecule has 1 unspecified atom stereocenters. The molecule has 0 spiro atoms. The molecular weight excluding hydrogens is 283 g/mol. The number of nitrogens with two attached hydrogens (primary N) is 1. The smallest absolute Gasteiger partial charge is 0.233 e. The van der Waals surface area contributed by atoms with Crippen molar-refractivity contribution in [1.82, 2.24) is 15.6 Å². The van der Waals surface area contributed by atoms with Gasteiger partial charge in [0.2, 0.25) is 5.88 Å². The van der Waals surface area contributed by atoms with Crippen LogP contribution < -0.4 is 16.0 Å². The number of rotatable bonds is 5. The van der Waals surface area contributed by atoms with Crippen molar-refractivity contribution < 1.29 is 9.13 Å². The summed E-state index contributed by atoms with van der Waals surface area (Å²) < 4.78 is 18.7. The van der Waals surface area contributed by atoms with E-state index in [1.165, 1.54) is 13.2 Å². The maximum atomic E-state index is 13.8. The van der Waals surface area contributed by atoms with Gasteiger partial charge in [0.1, 0.15) is 5.82 Å². The van der Waals surface area contributed by atoms with Crippen molar-refractivity contribution in [3.63, 3.8) is 0 Å². The number of benzene rings is 1. The molecule has 0 aliphatic carbocycles. The van der Waals surface area contributed by atoms with Gasteiger partial charge < -0.3 is 4.74 Å². The Labute approximate surface area is 120 Å². The summed E-state index contributed by atoms with van der Waals surface area (Å²) in [6.07, 6.45) is 0.267. The molecule has 0 fully saturated rings. The molecule has 0 radical (unpaired) electrons. The van der Waals surface area contributed by atoms with Crippen LogP contribution in [0.15, 0.2) is 30.3 Å². The Morgan fingerprint density at radius 1 is 1.35 bits per heavy atom. The lowest BCUT2D eigenvalue weighted by Crippen LogP contribution is -2.30. The number of nitrogens with one attached hydrogen (secondary N) is 1. The summed E-state index contributed by atoms with van der Waals surface area (Å²) in [5, 5.41) is 8.20. The summed E-state index contributed by atoms with van der Waals surface area (Å²) in [5.41, 5.74) is 3.55. The molecule has 0 saturated carbocycles. The van der Waals surface area contributed by atoms with Crippen LogP contribution in [0, 0.1) is 5.82 Å². The minimum Gasteiger partial charge on any atom is -0.480 e. The Balaban J connectivity index is 2.24. The van der Waals surface area contributed by atoms with Crippen LogP contribution in [-0.2, 0) is 6.42 Å². The van der Waals surface area contributed by atoms with E-state index in [0.29, 0.717) is 22.2 Å². The number of hydrazine groups is 1. The maximum Gasteiger partial charge on any atom is 0.233 e. The number of aromatic nitrogens is 2. The Bertz CT molecular complexity index is 559. The van der Waals surface area contributed by atoms with E-state index in [0.717, 1.165) is 0 Å². The fourth-order valence-corrected chi connectivity index (χ4v) is 2.05. The summed E-state index contributed by atoms with van der Waals surface area (Å²) in [4.78, 5) is 0. The Kier molecular flexibility index (Phi) is 4.84. The van der Waals surface area contributed by atoms with Crippen molar-refractivity contribution in [1.29, 1.82) is 0 Å². The van der Waals surface area contributed by atoms with E-state index in [2.05, 4.69) is 15.6 Å². The topological polar surface area (TPSA) is 73.1 Å². The summed E-state index contributed by atoms with van der Waals surface area (Å²) in [7, 11) is 1.50. The zero-order valence-electron chi connectivity index (χ0n) is 10.8. The van der Waals surface area contributed by atoms with E-state index in [4.69, 9.17) is 22.2 Å². The van der Waals surface area contributed by atoms with Crippen molar-refractivity contribution in [2.45, 2.75) is 12.5 Å². The fourth-order valence-electron chi connectivity index (χ4n) is 1.81. The number of nitrogens with zero attached hydrogens (tertiary/aromatic N) is 2. The average molecular weight is 297 g/mol. The zero-order chi connectivity index (χ0) is 14.5. The van der Waals surface area contributed by atoms with E-state index < -0.39 is 6.04 Å². The third-order valence-corrected chi connectivity index (χ3v) is 3.25. The molecule has 7 heteroatoms. The summed E-state index contributed by atoms with van der Waals surface area (Å²) in [5.74, 6) is 5.53. The second kappa shape index (κ2) is 6.60. The molecule has 0 amide bonds. The molecule has 1 aromatic carbocycles. The van der Waals surface area contributed by atoms with Crippen LogP contribution in [0.25, 0.3) is 0 Å². The van der Waals surface area contributed by atoms with Crippen molar-refractivity contribution in [3.05, 3.63) is 52.4 Å². The molecule has 1 atom stereocenters. The van der Waals surface area contributed by atoms with Gasteiger partial charge in [0.25, 0.3) is 0 Å². The predicted molar refractivity (Wildman–Crippen MR) is 73.8 cm³/mol. The Morgan fingerprint density at radius 2 is 2.15 bits per heavy atom. The van der Waals surface area contributed by atoms with E-state index in [1.807, 2.05) is 0 Å². The third kappa shape index (κ3) is 3.22. The van der Waals surface area contributed by atoms with Crippen molar-refractivity contribution >= 4 is 11.6 Å². The fraction of sp³-hybridized carbons (Fsp3) is 0.231. The van der Waals surface area contributed by atoms with Crippen molar-refractivity contribution in [2.24, 2.45) is 5.84 Å². The van der Waals surface area contributed by atoms with Gasteiger partial charge in [-0.15, -0.1) is 5.10 Å². The molecule has 0 aliphatic heterocycles. The second-order valence-corrected chi connectivity index (χ2v) is 4.53. The molecular formula is C13H14ClFN4O. The number of hydrogen-bond donors (Lipinski definition) is 2. The third-order valence-electron chi connectivity index (χ3n) is 2.90. The quantitative estimate of drug-likeness (QED) is 0.652. The highest BCUT2D eigenvalue weighted by Gasteiger charge is 2.17. The minimum atomic E-state index is -0.400. The first-order valence-corrected chi connectivity index (χ1v) is 6.30. The standard InChI is InChI=1S/C13H14ClFN4O/c1-20-13-6-5-11(18-19-13)12(17-16)7-8-9(14)3-2-4-10(8)15/h2-6,12,17H,7,16H2,1H3. The van der Waals surface area contributed by atoms with Gasteiger partial charge in [-0.3, -0.25) is 11.3 Å². The van der Waals surface area contributed by atoms with Crippen LogP contribution in [0.3, 0.4) is 0 Å². The average Bonchev–Trinajstić information content (AvgIpc) is 2.47. The molecule has 0 bridgehead atoms. The van der Waals surface area contributed by atoms with Gasteiger partial charge in [-0.05, 0) is 24.6 Å². The van der Waals surface area contributed by atoms with E-state index in [9.17, 15) is 4.39 Å². The van der Waals surface area contributed by atoms with Crippen LogP contribution in [0.5, 0.6) is 5.88 Å². The van der Waals surface area contributed by atoms with Crippen molar-refractivity contribution in [3.8, 4) is 5.88 Å². The molecule has 1 aromatic heterocycles. The Hall–Kier alpha value is -1.76. The van der Waals surface area contributed by atoms with Crippen LogP contribution in [0.1, 0.15) is 17.3 Å². The molecule has 1 heterocycles. The Morgan fingerprint density at radius 3 is 2.70 bits per heavy atom. The normalized spacial score (nSPS) is 12.2. The highest BCUT2D eigenvalue weighted by Crippen LogP contribution is 2.24. The summed E-state index contributed by atoms with van der Waals surface area (Å²) >= 11 is 6.00. The van der Waals surface area contributed by atoms with Gasteiger partial charge in [0.05, 0.1) is 18.8 Å². The number of halogens is 2. The number of methoxy groups -OCH3 is 1.